The molecule has 0 atom stereocenters. The first kappa shape index (κ1) is 13.3. The molecule has 0 aliphatic heterocycles. The molecular formula is C12H13N3O3S. The van der Waals surface area contributed by atoms with Crippen LogP contribution in [0.1, 0.15) is 6.92 Å². The van der Waals surface area contributed by atoms with Gasteiger partial charge >= 0.3 is 0 Å². The summed E-state index contributed by atoms with van der Waals surface area (Å²) in [6, 6.07) is 7.75. The average Bonchev–Trinajstić information content (AvgIpc) is 2.40. The fraction of sp³-hybridized carbons (Fsp3) is 0.167. The molecule has 7 heteroatoms. The van der Waals surface area contributed by atoms with Crippen LogP contribution in [-0.2, 0) is 10.0 Å². The van der Waals surface area contributed by atoms with Crippen LogP contribution in [-0.4, -0.2) is 25.0 Å². The zero-order valence-electron chi connectivity index (χ0n) is 10.3. The summed E-state index contributed by atoms with van der Waals surface area (Å²) in [5, 5.41) is 0. The summed E-state index contributed by atoms with van der Waals surface area (Å²) in [4.78, 5) is 7.75. The van der Waals surface area contributed by atoms with Crippen LogP contribution in [0.25, 0.3) is 0 Å². The van der Waals surface area contributed by atoms with Crippen LogP contribution in [0.3, 0.4) is 0 Å². The van der Waals surface area contributed by atoms with E-state index in [1.807, 2.05) is 6.92 Å². The predicted octanol–water partition coefficient (Wildman–Crippen LogP) is 1.68. The van der Waals surface area contributed by atoms with Crippen LogP contribution in [0.15, 0.2) is 47.6 Å². The summed E-state index contributed by atoms with van der Waals surface area (Å²) in [5.74, 6) is 0.661. The summed E-state index contributed by atoms with van der Waals surface area (Å²) < 4.78 is 31.6. The summed E-state index contributed by atoms with van der Waals surface area (Å²) in [5.41, 5.74) is 0. The number of nitrogens with one attached hydrogen (secondary N) is 1. The molecule has 0 aliphatic carbocycles. The molecule has 100 valence electrons. The number of anilines is 1. The Morgan fingerprint density at radius 3 is 2.37 bits per heavy atom. The lowest BCUT2D eigenvalue weighted by Crippen LogP contribution is -2.14. The number of rotatable bonds is 5. The number of ether oxygens (including phenoxy) is 1. The van der Waals surface area contributed by atoms with Crippen LogP contribution in [0.5, 0.6) is 5.75 Å². The van der Waals surface area contributed by atoms with E-state index in [1.54, 1.807) is 18.2 Å². The molecule has 0 spiro atoms. The molecule has 6 nitrogen and oxygen atoms in total. The first-order chi connectivity index (χ1) is 9.12. The highest BCUT2D eigenvalue weighted by Crippen LogP contribution is 2.17. The molecular weight excluding hydrogens is 266 g/mol. The zero-order chi connectivity index (χ0) is 13.7. The lowest BCUT2D eigenvalue weighted by atomic mass is 10.3. The Labute approximate surface area is 111 Å². The molecule has 0 aliphatic rings. The molecule has 1 N–H and O–H groups in total. The van der Waals surface area contributed by atoms with Crippen molar-refractivity contribution >= 4 is 16.0 Å². The maximum absolute atomic E-state index is 12.0. The highest BCUT2D eigenvalue weighted by atomic mass is 32.2. The zero-order valence-corrected chi connectivity index (χ0v) is 11.1. The maximum atomic E-state index is 12.0. The van der Waals surface area contributed by atoms with E-state index in [4.69, 9.17) is 4.74 Å². The van der Waals surface area contributed by atoms with Crippen LogP contribution >= 0.6 is 0 Å². The van der Waals surface area contributed by atoms with Crippen LogP contribution in [0.2, 0.25) is 0 Å². The van der Waals surface area contributed by atoms with Gasteiger partial charge in [-0.05, 0) is 37.3 Å². The Kier molecular flexibility index (Phi) is 3.96. The van der Waals surface area contributed by atoms with Gasteiger partial charge in [-0.3, -0.25) is 0 Å². The van der Waals surface area contributed by atoms with Crippen molar-refractivity contribution in [2.24, 2.45) is 0 Å². The molecule has 1 heterocycles. The first-order valence-corrected chi connectivity index (χ1v) is 7.13. The molecule has 19 heavy (non-hydrogen) atoms. The minimum atomic E-state index is -3.68. The van der Waals surface area contributed by atoms with Gasteiger partial charge in [-0.2, -0.15) is 0 Å². The Morgan fingerprint density at radius 2 is 1.79 bits per heavy atom. The second-order valence-corrected chi connectivity index (χ2v) is 5.26. The number of hydrogen-bond acceptors (Lipinski definition) is 5. The van der Waals surface area contributed by atoms with Crippen molar-refractivity contribution in [2.45, 2.75) is 11.8 Å². The Bertz CT molecular complexity index is 627. The highest BCUT2D eigenvalue weighted by molar-refractivity contribution is 7.92. The van der Waals surface area contributed by atoms with Gasteiger partial charge in [0.15, 0.2) is 0 Å². The molecule has 2 rings (SSSR count). The predicted molar refractivity (Wildman–Crippen MR) is 70.5 cm³/mol. The number of benzene rings is 1. The topological polar surface area (TPSA) is 81.2 Å². The monoisotopic (exact) mass is 279 g/mol. The quantitative estimate of drug-likeness (QED) is 0.900. The molecule has 0 amide bonds. The van der Waals surface area contributed by atoms with Gasteiger partial charge in [-0.25, -0.2) is 23.1 Å². The van der Waals surface area contributed by atoms with Crippen molar-refractivity contribution in [1.29, 1.82) is 0 Å². The largest absolute Gasteiger partial charge is 0.494 e. The van der Waals surface area contributed by atoms with Crippen molar-refractivity contribution in [1.82, 2.24) is 9.97 Å². The first-order valence-electron chi connectivity index (χ1n) is 5.64. The normalized spacial score (nSPS) is 11.0. The molecule has 0 bridgehead atoms. The smallest absolute Gasteiger partial charge is 0.264 e. The number of nitrogens with zero attached hydrogens (tertiary/aromatic N) is 2. The molecule has 2 aromatic rings. The molecule has 0 fully saturated rings. The second kappa shape index (κ2) is 5.66. The molecule has 1 aromatic carbocycles. The third kappa shape index (κ3) is 3.41. The lowest BCUT2D eigenvalue weighted by molar-refractivity contribution is 0.340. The van der Waals surface area contributed by atoms with Gasteiger partial charge in [0, 0.05) is 12.4 Å². The summed E-state index contributed by atoms with van der Waals surface area (Å²) >= 11 is 0. The maximum Gasteiger partial charge on any atom is 0.264 e. The Morgan fingerprint density at radius 1 is 1.16 bits per heavy atom. The number of aromatic nitrogens is 2. The fourth-order valence-electron chi connectivity index (χ4n) is 1.41. The van der Waals surface area contributed by atoms with Gasteiger partial charge < -0.3 is 4.74 Å². The van der Waals surface area contributed by atoms with Crippen molar-refractivity contribution < 1.29 is 13.2 Å². The van der Waals surface area contributed by atoms with Gasteiger partial charge in [-0.15, -0.1) is 0 Å². The van der Waals surface area contributed by atoms with E-state index in [9.17, 15) is 8.42 Å². The van der Waals surface area contributed by atoms with Crippen molar-refractivity contribution in [3.8, 4) is 5.75 Å². The summed E-state index contributed by atoms with van der Waals surface area (Å²) in [6.07, 6.45) is 2.92. The van der Waals surface area contributed by atoms with E-state index < -0.39 is 10.0 Å². The van der Waals surface area contributed by atoms with Crippen molar-refractivity contribution in [3.63, 3.8) is 0 Å². The average molecular weight is 279 g/mol. The van der Waals surface area contributed by atoms with E-state index in [0.717, 1.165) is 0 Å². The minimum absolute atomic E-state index is 0.0383. The van der Waals surface area contributed by atoms with Crippen molar-refractivity contribution in [2.75, 3.05) is 11.3 Å². The van der Waals surface area contributed by atoms with E-state index in [2.05, 4.69) is 14.7 Å². The van der Waals surface area contributed by atoms with E-state index in [0.29, 0.717) is 12.4 Å². The SMILES string of the molecule is CCOc1ccc(S(=O)(=O)Nc2ncccn2)cc1. The minimum Gasteiger partial charge on any atom is -0.494 e. The molecule has 0 unspecified atom stereocenters. The molecule has 0 saturated carbocycles. The second-order valence-electron chi connectivity index (χ2n) is 3.58. The number of sulfonamides is 1. The standard InChI is InChI=1S/C12H13N3O3S/c1-2-18-10-4-6-11(7-5-10)19(16,17)15-12-13-8-3-9-14-12/h3-9H,2H2,1H3,(H,13,14,15). The van der Waals surface area contributed by atoms with Gasteiger partial charge in [0.2, 0.25) is 5.95 Å². The van der Waals surface area contributed by atoms with E-state index in [-0.39, 0.29) is 10.8 Å². The van der Waals surface area contributed by atoms with E-state index >= 15 is 0 Å². The van der Waals surface area contributed by atoms with Crippen LogP contribution < -0.4 is 9.46 Å². The highest BCUT2D eigenvalue weighted by Gasteiger charge is 2.15. The summed E-state index contributed by atoms with van der Waals surface area (Å²) in [7, 11) is -3.68. The Balaban J connectivity index is 2.20. The van der Waals surface area contributed by atoms with Crippen LogP contribution in [0, 0.1) is 0 Å². The third-order valence-corrected chi connectivity index (χ3v) is 3.58. The van der Waals surface area contributed by atoms with Gasteiger partial charge in [0.05, 0.1) is 11.5 Å². The lowest BCUT2D eigenvalue weighted by Gasteiger charge is -2.07. The Hall–Kier alpha value is -2.15. The molecule has 0 radical (unpaired) electrons. The molecule has 1 aromatic heterocycles. The third-order valence-electron chi connectivity index (χ3n) is 2.24. The van der Waals surface area contributed by atoms with E-state index in [1.165, 1.54) is 24.5 Å². The fourth-order valence-corrected chi connectivity index (χ4v) is 2.37. The van der Waals surface area contributed by atoms with Gasteiger partial charge in [0.1, 0.15) is 5.75 Å². The molecule has 0 saturated heterocycles. The van der Waals surface area contributed by atoms with Gasteiger partial charge in [-0.1, -0.05) is 0 Å². The number of hydrogen-bond donors (Lipinski definition) is 1. The summed E-state index contributed by atoms with van der Waals surface area (Å²) in [6.45, 7) is 2.39. The van der Waals surface area contributed by atoms with Gasteiger partial charge in [0.25, 0.3) is 10.0 Å². The van der Waals surface area contributed by atoms with Crippen molar-refractivity contribution in [3.05, 3.63) is 42.7 Å². The van der Waals surface area contributed by atoms with Crippen LogP contribution in [0.4, 0.5) is 5.95 Å².